The molecule has 2 aromatic carbocycles. The molecular weight excluding hydrogens is 444 g/mol. The second-order valence-electron chi connectivity index (χ2n) is 8.24. The van der Waals surface area contributed by atoms with Crippen molar-refractivity contribution < 1.29 is 29.1 Å². The lowest BCUT2D eigenvalue weighted by Crippen LogP contribution is -3.14. The highest BCUT2D eigenvalue weighted by atomic mass is 35.5. The lowest BCUT2D eigenvalue weighted by atomic mass is 9.95. The van der Waals surface area contributed by atoms with E-state index in [0.29, 0.717) is 22.9 Å². The van der Waals surface area contributed by atoms with Crippen molar-refractivity contribution in [3.63, 3.8) is 0 Å². The second-order valence-corrected chi connectivity index (χ2v) is 8.67. The van der Waals surface area contributed by atoms with Gasteiger partial charge in [-0.15, -0.1) is 0 Å². The summed E-state index contributed by atoms with van der Waals surface area (Å²) in [5.41, 5.74) is 1.27. The monoisotopic (exact) mass is 471 g/mol. The Morgan fingerprint density at radius 3 is 2.42 bits per heavy atom. The van der Waals surface area contributed by atoms with E-state index in [0.717, 1.165) is 44.8 Å². The SMILES string of the molecule is COc1ccc(C(O)=C2C(=O)C(=O)N(CCC[NH+]3CCOCC3)C2c2ccc(Cl)cc2)cc1. The summed E-state index contributed by atoms with van der Waals surface area (Å²) in [7, 11) is 1.56. The fourth-order valence-electron chi connectivity index (χ4n) is 4.42. The summed E-state index contributed by atoms with van der Waals surface area (Å²) in [5.74, 6) is -0.840. The van der Waals surface area contributed by atoms with Crippen molar-refractivity contribution >= 4 is 29.1 Å². The summed E-state index contributed by atoms with van der Waals surface area (Å²) in [6.45, 7) is 4.67. The lowest BCUT2D eigenvalue weighted by molar-refractivity contribution is -0.908. The zero-order valence-corrected chi connectivity index (χ0v) is 19.3. The molecule has 0 bridgehead atoms. The average Bonchev–Trinajstić information content (AvgIpc) is 3.10. The highest BCUT2D eigenvalue weighted by Crippen LogP contribution is 2.39. The van der Waals surface area contributed by atoms with E-state index in [4.69, 9.17) is 21.1 Å². The van der Waals surface area contributed by atoms with E-state index in [9.17, 15) is 14.7 Å². The van der Waals surface area contributed by atoms with Crippen LogP contribution in [-0.4, -0.2) is 68.2 Å². The van der Waals surface area contributed by atoms with Crippen LogP contribution >= 0.6 is 11.6 Å². The number of rotatable bonds is 7. The number of amides is 1. The van der Waals surface area contributed by atoms with Crippen LogP contribution in [0.5, 0.6) is 5.75 Å². The van der Waals surface area contributed by atoms with Gasteiger partial charge >= 0.3 is 0 Å². The molecule has 1 atom stereocenters. The van der Waals surface area contributed by atoms with Crippen LogP contribution in [0.4, 0.5) is 0 Å². The first kappa shape index (κ1) is 23.3. The smallest absolute Gasteiger partial charge is 0.295 e. The summed E-state index contributed by atoms with van der Waals surface area (Å²) in [5, 5.41) is 11.7. The molecule has 0 aliphatic carbocycles. The van der Waals surface area contributed by atoms with Crippen LogP contribution in [0.2, 0.25) is 5.02 Å². The first-order valence-electron chi connectivity index (χ1n) is 11.1. The molecule has 2 N–H and O–H groups in total. The number of quaternary nitrogens is 1. The number of methoxy groups -OCH3 is 1. The maximum absolute atomic E-state index is 13.1. The molecule has 2 fully saturated rings. The zero-order valence-electron chi connectivity index (χ0n) is 18.6. The number of hydrogen-bond donors (Lipinski definition) is 2. The Bertz CT molecular complexity index is 1030. The third-order valence-corrected chi connectivity index (χ3v) is 6.47. The maximum atomic E-state index is 13.1. The third-order valence-electron chi connectivity index (χ3n) is 6.22. The molecule has 1 amide bonds. The predicted molar refractivity (Wildman–Crippen MR) is 124 cm³/mol. The molecule has 4 rings (SSSR count). The minimum Gasteiger partial charge on any atom is -0.507 e. The van der Waals surface area contributed by atoms with E-state index in [1.807, 2.05) is 0 Å². The van der Waals surface area contributed by atoms with E-state index < -0.39 is 17.7 Å². The number of aliphatic hydroxyl groups is 1. The number of ether oxygens (including phenoxy) is 2. The molecule has 2 saturated heterocycles. The Labute approximate surface area is 198 Å². The Kier molecular flexibility index (Phi) is 7.33. The van der Waals surface area contributed by atoms with E-state index in [2.05, 4.69) is 0 Å². The lowest BCUT2D eigenvalue weighted by Gasteiger charge is -2.27. The number of halogens is 1. The van der Waals surface area contributed by atoms with E-state index in [-0.39, 0.29) is 11.3 Å². The van der Waals surface area contributed by atoms with Gasteiger partial charge in [0.1, 0.15) is 24.6 Å². The predicted octanol–water partition coefficient (Wildman–Crippen LogP) is 2.08. The minimum absolute atomic E-state index is 0.0891. The van der Waals surface area contributed by atoms with Gasteiger partial charge in [-0.25, -0.2) is 0 Å². The first-order valence-corrected chi connectivity index (χ1v) is 11.5. The van der Waals surface area contributed by atoms with E-state index in [1.54, 1.807) is 60.5 Å². The molecule has 8 heteroatoms. The number of morpholine rings is 1. The molecule has 174 valence electrons. The summed E-state index contributed by atoms with van der Waals surface area (Å²) in [6, 6.07) is 13.1. The third kappa shape index (κ3) is 5.05. The molecule has 0 aromatic heterocycles. The van der Waals surface area contributed by atoms with Crippen LogP contribution in [0.1, 0.15) is 23.6 Å². The van der Waals surface area contributed by atoms with Crippen LogP contribution in [0.3, 0.4) is 0 Å². The Morgan fingerprint density at radius 1 is 1.12 bits per heavy atom. The number of carbonyl (C=O) groups excluding carboxylic acids is 2. The van der Waals surface area contributed by atoms with Gasteiger partial charge in [0.2, 0.25) is 0 Å². The second kappa shape index (κ2) is 10.4. The number of benzene rings is 2. The van der Waals surface area contributed by atoms with Gasteiger partial charge in [0.15, 0.2) is 0 Å². The van der Waals surface area contributed by atoms with Crippen LogP contribution < -0.4 is 9.64 Å². The fourth-order valence-corrected chi connectivity index (χ4v) is 4.54. The summed E-state index contributed by atoms with van der Waals surface area (Å²) >= 11 is 6.07. The fraction of sp³-hybridized carbons (Fsp3) is 0.360. The van der Waals surface area contributed by atoms with Gasteiger partial charge in [0, 0.05) is 23.6 Å². The number of Topliss-reactive ketones (excluding diaryl/α,β-unsaturated/α-hetero) is 1. The summed E-state index contributed by atoms with van der Waals surface area (Å²) < 4.78 is 10.6. The van der Waals surface area contributed by atoms with Gasteiger partial charge in [-0.05, 0) is 42.0 Å². The van der Waals surface area contributed by atoms with Crippen LogP contribution in [0.25, 0.3) is 5.76 Å². The first-order chi connectivity index (χ1) is 16.0. The van der Waals surface area contributed by atoms with Crippen LogP contribution in [0.15, 0.2) is 54.1 Å². The molecule has 2 aliphatic rings. The van der Waals surface area contributed by atoms with Crippen molar-refractivity contribution in [3.8, 4) is 5.75 Å². The van der Waals surface area contributed by atoms with Gasteiger partial charge in [-0.2, -0.15) is 0 Å². The number of likely N-dealkylation sites (tertiary alicyclic amines) is 1. The van der Waals surface area contributed by atoms with Gasteiger partial charge in [-0.3, -0.25) is 9.59 Å². The Hall–Kier alpha value is -2.87. The molecule has 2 aromatic rings. The Morgan fingerprint density at radius 2 is 1.79 bits per heavy atom. The standard InChI is InChI=1S/C25H27ClN2O5/c1-32-20-9-5-18(6-10-20)23(29)21-22(17-3-7-19(26)8-4-17)28(25(31)24(21)30)12-2-11-27-13-15-33-16-14-27/h3-10,22,29H,2,11-16H2,1H3/p+1. The van der Waals surface area contributed by atoms with Gasteiger partial charge in [-0.1, -0.05) is 23.7 Å². The van der Waals surface area contributed by atoms with E-state index in [1.165, 1.54) is 4.90 Å². The molecular formula is C25H28ClN2O5+. The molecule has 0 saturated carbocycles. The molecule has 2 aliphatic heterocycles. The van der Waals surface area contributed by atoms with Crippen molar-refractivity contribution in [2.75, 3.05) is 46.5 Å². The molecule has 33 heavy (non-hydrogen) atoms. The quantitative estimate of drug-likeness (QED) is 0.367. The number of ketones is 1. The van der Waals surface area contributed by atoms with Crippen molar-refractivity contribution in [2.24, 2.45) is 0 Å². The number of hydrogen-bond acceptors (Lipinski definition) is 5. The van der Waals surface area contributed by atoms with Gasteiger partial charge < -0.3 is 24.4 Å². The van der Waals surface area contributed by atoms with Crippen molar-refractivity contribution in [1.82, 2.24) is 4.90 Å². The number of aliphatic hydroxyl groups excluding tert-OH is 1. The number of carbonyl (C=O) groups is 2. The number of nitrogens with one attached hydrogen (secondary N) is 1. The minimum atomic E-state index is -0.679. The molecule has 1 unspecified atom stereocenters. The summed E-state index contributed by atoms with van der Waals surface area (Å²) in [6.07, 6.45) is 0.745. The topological polar surface area (TPSA) is 80.5 Å². The highest BCUT2D eigenvalue weighted by molar-refractivity contribution is 6.46. The summed E-state index contributed by atoms with van der Waals surface area (Å²) in [4.78, 5) is 29.1. The zero-order chi connectivity index (χ0) is 23.4. The normalized spacial score (nSPS) is 20.9. The average molecular weight is 472 g/mol. The van der Waals surface area contributed by atoms with Gasteiger partial charge in [0.05, 0.1) is 38.5 Å². The van der Waals surface area contributed by atoms with Crippen LogP contribution in [-0.2, 0) is 14.3 Å². The molecule has 0 spiro atoms. The van der Waals surface area contributed by atoms with Crippen molar-refractivity contribution in [3.05, 3.63) is 70.3 Å². The molecule has 0 radical (unpaired) electrons. The maximum Gasteiger partial charge on any atom is 0.295 e. The van der Waals surface area contributed by atoms with Gasteiger partial charge in [0.25, 0.3) is 11.7 Å². The highest BCUT2D eigenvalue weighted by Gasteiger charge is 2.45. The van der Waals surface area contributed by atoms with E-state index >= 15 is 0 Å². The van der Waals surface area contributed by atoms with Crippen molar-refractivity contribution in [2.45, 2.75) is 12.5 Å². The molecule has 7 nitrogen and oxygen atoms in total. The molecule has 2 heterocycles. The largest absolute Gasteiger partial charge is 0.507 e. The van der Waals surface area contributed by atoms with Crippen molar-refractivity contribution in [1.29, 1.82) is 0 Å². The van der Waals surface area contributed by atoms with Crippen LogP contribution in [0, 0.1) is 0 Å². The number of nitrogens with zero attached hydrogens (tertiary/aromatic N) is 1. The Balaban J connectivity index is 1.65.